The smallest absolute Gasteiger partial charge is 0.310 e. The zero-order chi connectivity index (χ0) is 18.4. The van der Waals surface area contributed by atoms with E-state index in [1.807, 2.05) is 0 Å². The lowest BCUT2D eigenvalue weighted by atomic mass is 9.98. The average molecular weight is 362 g/mol. The summed E-state index contributed by atoms with van der Waals surface area (Å²) in [4.78, 5) is 25.8. The molecule has 1 fully saturated rings. The molecule has 1 aliphatic rings. The van der Waals surface area contributed by atoms with Crippen molar-refractivity contribution in [1.82, 2.24) is 10.1 Å². The fourth-order valence-electron chi connectivity index (χ4n) is 2.91. The van der Waals surface area contributed by atoms with Gasteiger partial charge in [0.2, 0.25) is 11.7 Å². The van der Waals surface area contributed by atoms with E-state index in [0.717, 1.165) is 12.8 Å². The highest BCUT2D eigenvalue weighted by Gasteiger charge is 2.29. The van der Waals surface area contributed by atoms with Crippen molar-refractivity contribution in [1.29, 1.82) is 0 Å². The van der Waals surface area contributed by atoms with E-state index in [4.69, 9.17) is 18.4 Å². The fourth-order valence-corrected chi connectivity index (χ4v) is 2.91. The van der Waals surface area contributed by atoms with Gasteiger partial charge >= 0.3 is 5.97 Å². The SMILES string of the molecule is CCOC(=O)[C@H]1CCCN(C(=O)COCc2cc(-c3ccco3)on2)C1. The Morgan fingerprint density at radius 2 is 2.27 bits per heavy atom. The van der Waals surface area contributed by atoms with Crippen molar-refractivity contribution in [2.24, 2.45) is 5.92 Å². The number of ether oxygens (including phenoxy) is 2. The molecule has 0 saturated carbocycles. The van der Waals surface area contributed by atoms with Crippen LogP contribution in [0.25, 0.3) is 11.5 Å². The van der Waals surface area contributed by atoms with Crippen molar-refractivity contribution in [3.05, 3.63) is 30.2 Å². The standard InChI is InChI=1S/C18H22N2O6/c1-2-24-18(22)13-5-3-7-20(10-13)17(21)12-23-11-14-9-16(26-19-14)15-6-4-8-25-15/h4,6,8-9,13H,2-3,5,7,10-12H2,1H3/t13-/m0/s1. The number of nitrogens with zero attached hydrogens (tertiary/aromatic N) is 2. The lowest BCUT2D eigenvalue weighted by Gasteiger charge is -2.31. The minimum absolute atomic E-state index is 0.0709. The number of aromatic nitrogens is 1. The number of hydrogen-bond donors (Lipinski definition) is 0. The molecule has 26 heavy (non-hydrogen) atoms. The second kappa shape index (κ2) is 8.66. The largest absolute Gasteiger partial charge is 0.466 e. The molecule has 0 N–H and O–H groups in total. The van der Waals surface area contributed by atoms with Crippen LogP contribution in [0.5, 0.6) is 0 Å². The third kappa shape index (κ3) is 4.51. The minimum atomic E-state index is -0.251. The van der Waals surface area contributed by atoms with Crippen molar-refractivity contribution in [3.63, 3.8) is 0 Å². The topological polar surface area (TPSA) is 95.0 Å². The molecule has 0 bridgehead atoms. The fraction of sp³-hybridized carbons (Fsp3) is 0.500. The van der Waals surface area contributed by atoms with E-state index < -0.39 is 0 Å². The maximum absolute atomic E-state index is 12.3. The number of hydrogen-bond acceptors (Lipinski definition) is 7. The van der Waals surface area contributed by atoms with E-state index in [-0.39, 0.29) is 31.0 Å². The number of rotatable bonds is 7. The Bertz CT molecular complexity index is 724. The summed E-state index contributed by atoms with van der Waals surface area (Å²) in [6.07, 6.45) is 3.08. The summed E-state index contributed by atoms with van der Waals surface area (Å²) in [6, 6.07) is 5.24. The molecule has 2 aromatic rings. The van der Waals surface area contributed by atoms with E-state index in [1.165, 1.54) is 0 Å². The van der Waals surface area contributed by atoms with Gasteiger partial charge in [0.25, 0.3) is 0 Å². The number of esters is 1. The second-order valence-corrected chi connectivity index (χ2v) is 6.08. The molecule has 1 amide bonds. The van der Waals surface area contributed by atoms with Crippen LogP contribution in [0.1, 0.15) is 25.5 Å². The van der Waals surface area contributed by atoms with E-state index >= 15 is 0 Å². The number of carbonyl (C=O) groups excluding carboxylic acids is 2. The van der Waals surface area contributed by atoms with Gasteiger partial charge in [-0.05, 0) is 31.9 Å². The Morgan fingerprint density at radius 1 is 1.38 bits per heavy atom. The lowest BCUT2D eigenvalue weighted by Crippen LogP contribution is -2.44. The van der Waals surface area contributed by atoms with E-state index in [1.54, 1.807) is 36.3 Å². The third-order valence-electron chi connectivity index (χ3n) is 4.19. The van der Waals surface area contributed by atoms with Crippen LogP contribution >= 0.6 is 0 Å². The van der Waals surface area contributed by atoms with Crippen molar-refractivity contribution in [2.75, 3.05) is 26.3 Å². The van der Waals surface area contributed by atoms with Crippen molar-refractivity contribution in [2.45, 2.75) is 26.4 Å². The molecule has 3 heterocycles. The highest BCUT2D eigenvalue weighted by Crippen LogP contribution is 2.21. The van der Waals surface area contributed by atoms with Crippen LogP contribution < -0.4 is 0 Å². The van der Waals surface area contributed by atoms with Crippen LogP contribution in [0.4, 0.5) is 0 Å². The van der Waals surface area contributed by atoms with Crippen LogP contribution in [0.2, 0.25) is 0 Å². The van der Waals surface area contributed by atoms with Gasteiger partial charge < -0.3 is 23.3 Å². The number of likely N-dealkylation sites (tertiary alicyclic amines) is 1. The lowest BCUT2D eigenvalue weighted by molar-refractivity contribution is -0.152. The third-order valence-corrected chi connectivity index (χ3v) is 4.19. The van der Waals surface area contributed by atoms with Crippen LogP contribution in [0.15, 0.2) is 33.4 Å². The van der Waals surface area contributed by atoms with E-state index in [2.05, 4.69) is 5.16 Å². The number of amides is 1. The van der Waals surface area contributed by atoms with Crippen LogP contribution in [0.3, 0.4) is 0 Å². The molecule has 1 aliphatic heterocycles. The van der Waals surface area contributed by atoms with Gasteiger partial charge in [0, 0.05) is 19.2 Å². The van der Waals surface area contributed by atoms with Crippen molar-refractivity contribution in [3.8, 4) is 11.5 Å². The first kappa shape index (κ1) is 18.2. The Labute approximate surface area is 151 Å². The zero-order valence-corrected chi connectivity index (χ0v) is 14.7. The Hall–Kier alpha value is -2.61. The first-order valence-electron chi connectivity index (χ1n) is 8.69. The molecule has 140 valence electrons. The summed E-state index contributed by atoms with van der Waals surface area (Å²) in [5, 5.41) is 3.89. The molecule has 0 radical (unpaired) electrons. The van der Waals surface area contributed by atoms with Crippen LogP contribution in [-0.2, 0) is 25.7 Å². The van der Waals surface area contributed by atoms with Gasteiger partial charge in [-0.25, -0.2) is 0 Å². The molecule has 8 nitrogen and oxygen atoms in total. The Kier molecular flexibility index (Phi) is 6.06. The molecule has 0 spiro atoms. The summed E-state index contributed by atoms with van der Waals surface area (Å²) in [7, 11) is 0. The monoisotopic (exact) mass is 362 g/mol. The Morgan fingerprint density at radius 3 is 3.04 bits per heavy atom. The average Bonchev–Trinajstić information content (AvgIpc) is 3.33. The summed E-state index contributed by atoms with van der Waals surface area (Å²) < 4.78 is 20.9. The molecule has 0 aliphatic carbocycles. The molecule has 3 rings (SSSR count). The Balaban J connectivity index is 1.44. The minimum Gasteiger partial charge on any atom is -0.466 e. The quantitative estimate of drug-likeness (QED) is 0.697. The van der Waals surface area contributed by atoms with Crippen LogP contribution in [-0.4, -0.2) is 48.2 Å². The van der Waals surface area contributed by atoms with Gasteiger partial charge in [-0.15, -0.1) is 0 Å². The second-order valence-electron chi connectivity index (χ2n) is 6.08. The first-order valence-corrected chi connectivity index (χ1v) is 8.69. The van der Waals surface area contributed by atoms with Gasteiger partial charge in [-0.3, -0.25) is 9.59 Å². The number of carbonyl (C=O) groups is 2. The highest BCUT2D eigenvalue weighted by atomic mass is 16.5. The number of piperidine rings is 1. The summed E-state index contributed by atoms with van der Waals surface area (Å²) in [5.74, 6) is 0.457. The molecule has 0 aromatic carbocycles. The zero-order valence-electron chi connectivity index (χ0n) is 14.7. The molecule has 8 heteroatoms. The van der Waals surface area contributed by atoms with Gasteiger partial charge in [-0.1, -0.05) is 5.16 Å². The highest BCUT2D eigenvalue weighted by molar-refractivity contribution is 5.79. The van der Waals surface area contributed by atoms with Crippen molar-refractivity contribution >= 4 is 11.9 Å². The first-order chi connectivity index (χ1) is 12.7. The summed E-state index contributed by atoms with van der Waals surface area (Å²) >= 11 is 0. The maximum atomic E-state index is 12.3. The predicted molar refractivity (Wildman–Crippen MR) is 89.8 cm³/mol. The predicted octanol–water partition coefficient (Wildman–Crippen LogP) is 2.25. The molecule has 0 unspecified atom stereocenters. The van der Waals surface area contributed by atoms with Gasteiger partial charge in [0.1, 0.15) is 12.3 Å². The summed E-state index contributed by atoms with van der Waals surface area (Å²) in [6.45, 7) is 3.23. The van der Waals surface area contributed by atoms with Crippen molar-refractivity contribution < 1.29 is 28.0 Å². The molecule has 1 atom stereocenters. The van der Waals surface area contributed by atoms with Gasteiger partial charge in [-0.2, -0.15) is 0 Å². The molecular weight excluding hydrogens is 340 g/mol. The molecule has 2 aromatic heterocycles. The van der Waals surface area contributed by atoms with Crippen LogP contribution in [0, 0.1) is 5.92 Å². The van der Waals surface area contributed by atoms with E-state index in [9.17, 15) is 9.59 Å². The van der Waals surface area contributed by atoms with E-state index in [0.29, 0.717) is 36.9 Å². The molecule has 1 saturated heterocycles. The maximum Gasteiger partial charge on any atom is 0.310 e. The number of furan rings is 1. The van der Waals surface area contributed by atoms with Gasteiger partial charge in [0.05, 0.1) is 25.4 Å². The molecular formula is C18H22N2O6. The summed E-state index contributed by atoms with van der Waals surface area (Å²) in [5.41, 5.74) is 0.576. The normalized spacial score (nSPS) is 17.3. The van der Waals surface area contributed by atoms with Gasteiger partial charge in [0.15, 0.2) is 5.76 Å².